The summed E-state index contributed by atoms with van der Waals surface area (Å²) in [6.45, 7) is 3.50. The lowest BCUT2D eigenvalue weighted by Crippen LogP contribution is -2.43. The fraction of sp³-hybridized carbons (Fsp3) is 0.579. The minimum absolute atomic E-state index is 0.0411. The van der Waals surface area contributed by atoms with Crippen molar-refractivity contribution in [3.05, 3.63) is 24.3 Å². The first kappa shape index (κ1) is 18.7. The van der Waals surface area contributed by atoms with Crippen LogP contribution in [0.5, 0.6) is 0 Å². The minimum Gasteiger partial charge on any atom is -0.378 e. The zero-order valence-electron chi connectivity index (χ0n) is 15.3. The van der Waals surface area contributed by atoms with Gasteiger partial charge in [0, 0.05) is 37.6 Å². The molecule has 2 amide bonds. The van der Waals surface area contributed by atoms with E-state index in [1.807, 2.05) is 24.3 Å². The smallest absolute Gasteiger partial charge is 0.238 e. The van der Waals surface area contributed by atoms with Gasteiger partial charge in [-0.05, 0) is 37.1 Å². The van der Waals surface area contributed by atoms with E-state index in [0.29, 0.717) is 0 Å². The molecule has 142 valence electrons. The molecule has 26 heavy (non-hydrogen) atoms. The molecule has 2 atom stereocenters. The summed E-state index contributed by atoms with van der Waals surface area (Å²) in [6, 6.07) is 7.96. The Morgan fingerprint density at radius 2 is 1.88 bits per heavy atom. The lowest BCUT2D eigenvalue weighted by Gasteiger charge is -2.28. The molecule has 7 nitrogen and oxygen atoms in total. The van der Waals surface area contributed by atoms with Crippen molar-refractivity contribution in [1.82, 2.24) is 10.6 Å². The van der Waals surface area contributed by atoms with Crippen molar-refractivity contribution in [3.8, 4) is 0 Å². The van der Waals surface area contributed by atoms with Crippen LogP contribution >= 0.6 is 0 Å². The second-order valence-corrected chi connectivity index (χ2v) is 6.83. The molecule has 0 bridgehead atoms. The highest BCUT2D eigenvalue weighted by molar-refractivity contribution is 5.92. The Bertz CT molecular complexity index is 614. The molecule has 1 aromatic carbocycles. The lowest BCUT2D eigenvalue weighted by molar-refractivity contribution is -0.125. The third kappa shape index (κ3) is 4.74. The third-order valence-electron chi connectivity index (χ3n) is 5.15. The number of morpholine rings is 1. The molecule has 2 aliphatic rings. The Labute approximate surface area is 154 Å². The first-order valence-electron chi connectivity index (χ1n) is 9.35. The summed E-state index contributed by atoms with van der Waals surface area (Å²) >= 11 is 0. The Morgan fingerprint density at radius 3 is 2.58 bits per heavy atom. The van der Waals surface area contributed by atoms with E-state index in [1.165, 1.54) is 0 Å². The van der Waals surface area contributed by atoms with Gasteiger partial charge in [0.15, 0.2) is 0 Å². The maximum atomic E-state index is 12.2. The zero-order chi connectivity index (χ0) is 18.4. The Morgan fingerprint density at radius 1 is 1.15 bits per heavy atom. The highest BCUT2D eigenvalue weighted by Gasteiger charge is 2.32. The topological polar surface area (TPSA) is 82.7 Å². The second kappa shape index (κ2) is 9.00. The molecule has 2 unspecified atom stereocenters. The molecular formula is C19H28N4O3. The summed E-state index contributed by atoms with van der Waals surface area (Å²) in [4.78, 5) is 26.3. The summed E-state index contributed by atoms with van der Waals surface area (Å²) in [5, 5.41) is 8.85. The average molecular weight is 360 g/mol. The van der Waals surface area contributed by atoms with Crippen molar-refractivity contribution in [2.24, 2.45) is 5.92 Å². The summed E-state index contributed by atoms with van der Waals surface area (Å²) < 4.78 is 5.37. The number of benzene rings is 1. The van der Waals surface area contributed by atoms with E-state index in [4.69, 9.17) is 4.74 Å². The molecule has 0 radical (unpaired) electrons. The number of hydrogen-bond acceptors (Lipinski definition) is 5. The van der Waals surface area contributed by atoms with E-state index in [2.05, 4.69) is 20.9 Å². The van der Waals surface area contributed by atoms with Crippen LogP contribution in [0.4, 0.5) is 11.4 Å². The number of hydrogen-bond donors (Lipinski definition) is 3. The van der Waals surface area contributed by atoms with Gasteiger partial charge in [0.2, 0.25) is 11.8 Å². The SMILES string of the molecule is CNC(=O)C1CCCC1NCC(=O)Nc1ccc(N2CCOCC2)cc1. The molecule has 7 heteroatoms. The number of anilines is 2. The molecule has 1 saturated carbocycles. The molecule has 0 spiro atoms. The lowest BCUT2D eigenvalue weighted by atomic mass is 10.0. The fourth-order valence-corrected chi connectivity index (χ4v) is 3.71. The summed E-state index contributed by atoms with van der Waals surface area (Å²) in [5.41, 5.74) is 1.92. The highest BCUT2D eigenvalue weighted by Crippen LogP contribution is 2.25. The molecule has 1 saturated heterocycles. The fourth-order valence-electron chi connectivity index (χ4n) is 3.71. The van der Waals surface area contributed by atoms with Crippen LogP contribution in [-0.2, 0) is 14.3 Å². The first-order chi connectivity index (χ1) is 12.7. The number of nitrogens with zero attached hydrogens (tertiary/aromatic N) is 1. The number of nitrogens with one attached hydrogen (secondary N) is 3. The van der Waals surface area contributed by atoms with Crippen LogP contribution in [0.25, 0.3) is 0 Å². The van der Waals surface area contributed by atoms with E-state index in [9.17, 15) is 9.59 Å². The average Bonchev–Trinajstić information content (AvgIpc) is 3.16. The van der Waals surface area contributed by atoms with E-state index < -0.39 is 0 Å². The Hall–Kier alpha value is -2.12. The standard InChI is InChI=1S/C19H28N4O3/c1-20-19(25)16-3-2-4-17(16)21-13-18(24)22-14-5-7-15(8-6-14)23-9-11-26-12-10-23/h5-8,16-17,21H,2-4,9-13H2,1H3,(H,20,25)(H,22,24). The third-order valence-corrected chi connectivity index (χ3v) is 5.15. The van der Waals surface area contributed by atoms with Gasteiger partial charge < -0.3 is 25.6 Å². The van der Waals surface area contributed by atoms with Gasteiger partial charge in [-0.15, -0.1) is 0 Å². The van der Waals surface area contributed by atoms with Gasteiger partial charge in [0.1, 0.15) is 0 Å². The Kier molecular flexibility index (Phi) is 6.46. The molecule has 0 aromatic heterocycles. The molecule has 1 aliphatic carbocycles. The quantitative estimate of drug-likeness (QED) is 0.704. The van der Waals surface area contributed by atoms with Crippen molar-refractivity contribution in [2.45, 2.75) is 25.3 Å². The van der Waals surface area contributed by atoms with E-state index >= 15 is 0 Å². The molecule has 3 rings (SSSR count). The van der Waals surface area contributed by atoms with Crippen LogP contribution in [0.1, 0.15) is 19.3 Å². The summed E-state index contributed by atoms with van der Waals surface area (Å²) in [5.74, 6) is -0.0774. The molecule has 1 aromatic rings. The van der Waals surface area contributed by atoms with E-state index in [0.717, 1.165) is 56.9 Å². The normalized spacial score (nSPS) is 22.9. The number of amides is 2. The maximum Gasteiger partial charge on any atom is 0.238 e. The molecular weight excluding hydrogens is 332 g/mol. The van der Waals surface area contributed by atoms with Crippen LogP contribution in [0, 0.1) is 5.92 Å². The predicted molar refractivity (Wildman–Crippen MR) is 101 cm³/mol. The number of rotatable bonds is 6. The highest BCUT2D eigenvalue weighted by atomic mass is 16.5. The monoisotopic (exact) mass is 360 g/mol. The van der Waals surface area contributed by atoms with Gasteiger partial charge in [-0.2, -0.15) is 0 Å². The molecule has 3 N–H and O–H groups in total. The minimum atomic E-state index is -0.0910. The molecule has 1 heterocycles. The van der Waals surface area contributed by atoms with Crippen molar-refractivity contribution >= 4 is 23.2 Å². The van der Waals surface area contributed by atoms with E-state index in [-0.39, 0.29) is 30.3 Å². The van der Waals surface area contributed by atoms with Crippen molar-refractivity contribution < 1.29 is 14.3 Å². The largest absolute Gasteiger partial charge is 0.378 e. The van der Waals surface area contributed by atoms with E-state index in [1.54, 1.807) is 7.05 Å². The summed E-state index contributed by atoms with van der Waals surface area (Å²) in [6.07, 6.45) is 2.82. The van der Waals surface area contributed by atoms with Gasteiger partial charge in [0.05, 0.1) is 25.7 Å². The first-order valence-corrected chi connectivity index (χ1v) is 9.35. The van der Waals surface area contributed by atoms with Gasteiger partial charge in [-0.1, -0.05) is 6.42 Å². The van der Waals surface area contributed by atoms with Crippen LogP contribution in [0.15, 0.2) is 24.3 Å². The summed E-state index contributed by atoms with van der Waals surface area (Å²) in [7, 11) is 1.66. The van der Waals surface area contributed by atoms with Crippen LogP contribution in [0.3, 0.4) is 0 Å². The molecule has 2 fully saturated rings. The van der Waals surface area contributed by atoms with Crippen LogP contribution in [-0.4, -0.2) is 57.8 Å². The van der Waals surface area contributed by atoms with Crippen molar-refractivity contribution in [3.63, 3.8) is 0 Å². The van der Waals surface area contributed by atoms with Crippen LogP contribution in [0.2, 0.25) is 0 Å². The van der Waals surface area contributed by atoms with Gasteiger partial charge in [-0.3, -0.25) is 9.59 Å². The Balaban J connectivity index is 1.46. The van der Waals surface area contributed by atoms with Gasteiger partial charge in [0.25, 0.3) is 0 Å². The van der Waals surface area contributed by atoms with Gasteiger partial charge in [-0.25, -0.2) is 0 Å². The molecule has 1 aliphatic heterocycles. The van der Waals surface area contributed by atoms with Gasteiger partial charge >= 0.3 is 0 Å². The van der Waals surface area contributed by atoms with Crippen molar-refractivity contribution in [2.75, 3.05) is 50.1 Å². The number of carbonyl (C=O) groups is 2. The number of carbonyl (C=O) groups excluding carboxylic acids is 2. The zero-order valence-corrected chi connectivity index (χ0v) is 15.3. The maximum absolute atomic E-state index is 12.2. The van der Waals surface area contributed by atoms with Crippen molar-refractivity contribution in [1.29, 1.82) is 0 Å². The number of ether oxygens (including phenoxy) is 1. The van der Waals surface area contributed by atoms with Crippen LogP contribution < -0.4 is 20.9 Å². The second-order valence-electron chi connectivity index (χ2n) is 6.83. The predicted octanol–water partition coefficient (Wildman–Crippen LogP) is 0.966.